The van der Waals surface area contributed by atoms with E-state index in [-0.39, 0.29) is 6.42 Å². The molecule has 3 N–H and O–H groups in total. The van der Waals surface area contributed by atoms with Crippen LogP contribution in [0.25, 0.3) is 11.0 Å². The number of hydrogen-bond donors (Lipinski definition) is 2. The molecular formula is C18H24N2O4. The third-order valence-corrected chi connectivity index (χ3v) is 4.32. The largest absolute Gasteiger partial charge is 0.481 e. The lowest BCUT2D eigenvalue weighted by Gasteiger charge is -2.22. The van der Waals surface area contributed by atoms with Gasteiger partial charge in [0.25, 0.3) is 0 Å². The van der Waals surface area contributed by atoms with E-state index in [1.54, 1.807) is 6.92 Å². The van der Waals surface area contributed by atoms with Crippen LogP contribution in [0.1, 0.15) is 38.8 Å². The summed E-state index contributed by atoms with van der Waals surface area (Å²) in [7, 11) is 0. The molecular weight excluding hydrogens is 308 g/mol. The monoisotopic (exact) mass is 332 g/mol. The first kappa shape index (κ1) is 18.0. The third kappa shape index (κ3) is 3.76. The number of fused-ring (bicyclic) bond motifs is 1. The van der Waals surface area contributed by atoms with Crippen LogP contribution in [0.3, 0.4) is 0 Å². The number of rotatable bonds is 7. The molecule has 1 aromatic carbocycles. The molecule has 0 aliphatic carbocycles. The van der Waals surface area contributed by atoms with E-state index in [1.807, 2.05) is 18.2 Å². The fraction of sp³-hybridized carbons (Fsp3) is 0.444. The Bertz CT molecular complexity index is 780. The maximum atomic E-state index is 11.9. The SMILES string of the molecule is CCN(CC)c1ccc2c(C(N)CC(C)C(=O)O)cc(=O)oc2c1. The molecule has 2 rings (SSSR count). The Labute approximate surface area is 140 Å². The highest BCUT2D eigenvalue weighted by Crippen LogP contribution is 2.28. The van der Waals surface area contributed by atoms with Crippen molar-refractivity contribution < 1.29 is 14.3 Å². The molecule has 6 heteroatoms. The van der Waals surface area contributed by atoms with Crippen LogP contribution in [0, 0.1) is 5.92 Å². The molecule has 0 bridgehead atoms. The van der Waals surface area contributed by atoms with E-state index < -0.39 is 23.6 Å². The smallest absolute Gasteiger partial charge is 0.336 e. The zero-order chi connectivity index (χ0) is 17.9. The predicted molar refractivity (Wildman–Crippen MR) is 94.4 cm³/mol. The van der Waals surface area contributed by atoms with E-state index >= 15 is 0 Å². The minimum absolute atomic E-state index is 0.256. The Morgan fingerprint density at radius 1 is 1.29 bits per heavy atom. The number of carbonyl (C=O) groups is 1. The lowest BCUT2D eigenvalue weighted by molar-refractivity contribution is -0.141. The van der Waals surface area contributed by atoms with Crippen molar-refractivity contribution in [3.63, 3.8) is 0 Å². The summed E-state index contributed by atoms with van der Waals surface area (Å²) in [6.07, 6.45) is 0.256. The molecule has 24 heavy (non-hydrogen) atoms. The van der Waals surface area contributed by atoms with Gasteiger partial charge in [-0.15, -0.1) is 0 Å². The fourth-order valence-corrected chi connectivity index (χ4v) is 2.88. The summed E-state index contributed by atoms with van der Waals surface area (Å²) in [5.74, 6) is -1.49. The molecule has 0 fully saturated rings. The molecule has 1 aromatic heterocycles. The fourth-order valence-electron chi connectivity index (χ4n) is 2.88. The average molecular weight is 332 g/mol. The molecule has 0 saturated heterocycles. The summed E-state index contributed by atoms with van der Waals surface area (Å²) in [6.45, 7) is 7.42. The number of nitrogens with zero attached hydrogens (tertiary/aromatic N) is 1. The van der Waals surface area contributed by atoms with E-state index in [1.165, 1.54) is 6.07 Å². The van der Waals surface area contributed by atoms with Gasteiger partial charge < -0.3 is 20.2 Å². The lowest BCUT2D eigenvalue weighted by Crippen LogP contribution is -2.22. The van der Waals surface area contributed by atoms with Crippen molar-refractivity contribution >= 4 is 22.6 Å². The van der Waals surface area contributed by atoms with Crippen LogP contribution >= 0.6 is 0 Å². The van der Waals surface area contributed by atoms with Crippen molar-refractivity contribution in [3.05, 3.63) is 40.2 Å². The summed E-state index contributed by atoms with van der Waals surface area (Å²) in [6, 6.07) is 6.50. The standard InChI is InChI=1S/C18H24N2O4/c1-4-20(5-2)12-6-7-13-14(10-17(21)24-16(13)9-12)15(19)8-11(3)18(22)23/h6-7,9-11,15H,4-5,8,19H2,1-3H3,(H,22,23). The van der Waals surface area contributed by atoms with Crippen molar-refractivity contribution in [1.82, 2.24) is 0 Å². The van der Waals surface area contributed by atoms with Crippen LogP contribution < -0.4 is 16.3 Å². The zero-order valence-electron chi connectivity index (χ0n) is 14.3. The van der Waals surface area contributed by atoms with Gasteiger partial charge in [-0.2, -0.15) is 0 Å². The Kier molecular flexibility index (Phi) is 5.62. The summed E-state index contributed by atoms with van der Waals surface area (Å²) >= 11 is 0. The van der Waals surface area contributed by atoms with Crippen LogP contribution in [0.4, 0.5) is 5.69 Å². The highest BCUT2D eigenvalue weighted by atomic mass is 16.4. The Balaban J connectivity index is 2.48. The molecule has 2 unspecified atom stereocenters. The van der Waals surface area contributed by atoms with Gasteiger partial charge in [0.05, 0.1) is 5.92 Å². The summed E-state index contributed by atoms with van der Waals surface area (Å²) in [5.41, 5.74) is 7.76. The molecule has 0 aliphatic rings. The Morgan fingerprint density at radius 2 is 1.96 bits per heavy atom. The van der Waals surface area contributed by atoms with E-state index in [9.17, 15) is 9.59 Å². The van der Waals surface area contributed by atoms with Crippen LogP contribution in [0.2, 0.25) is 0 Å². The van der Waals surface area contributed by atoms with Crippen LogP contribution in [0.5, 0.6) is 0 Å². The second-order valence-corrected chi connectivity index (χ2v) is 5.96. The van der Waals surface area contributed by atoms with Gasteiger partial charge in [0.15, 0.2) is 0 Å². The Morgan fingerprint density at radius 3 is 2.54 bits per heavy atom. The molecule has 0 saturated carbocycles. The van der Waals surface area contributed by atoms with Crippen molar-refractivity contribution in [1.29, 1.82) is 0 Å². The molecule has 2 aromatic rings. The second-order valence-electron chi connectivity index (χ2n) is 5.96. The summed E-state index contributed by atoms with van der Waals surface area (Å²) in [5, 5.41) is 9.80. The van der Waals surface area contributed by atoms with Crippen molar-refractivity contribution in [2.45, 2.75) is 33.2 Å². The van der Waals surface area contributed by atoms with Crippen molar-refractivity contribution in [3.8, 4) is 0 Å². The first-order valence-electron chi connectivity index (χ1n) is 8.18. The van der Waals surface area contributed by atoms with Gasteiger partial charge in [0.2, 0.25) is 0 Å². The number of carboxylic acid groups (broad SMARTS) is 1. The molecule has 1 heterocycles. The van der Waals surface area contributed by atoms with Gasteiger partial charge in [-0.1, -0.05) is 6.92 Å². The van der Waals surface area contributed by atoms with Gasteiger partial charge in [0.1, 0.15) is 5.58 Å². The van der Waals surface area contributed by atoms with Crippen LogP contribution in [-0.2, 0) is 4.79 Å². The first-order valence-corrected chi connectivity index (χ1v) is 8.18. The van der Waals surface area contributed by atoms with Crippen molar-refractivity contribution in [2.24, 2.45) is 11.7 Å². The van der Waals surface area contributed by atoms with Gasteiger partial charge in [-0.05, 0) is 38.0 Å². The summed E-state index contributed by atoms with van der Waals surface area (Å²) in [4.78, 5) is 25.1. The third-order valence-electron chi connectivity index (χ3n) is 4.32. The van der Waals surface area contributed by atoms with Gasteiger partial charge in [0, 0.05) is 42.3 Å². The zero-order valence-corrected chi connectivity index (χ0v) is 14.3. The van der Waals surface area contributed by atoms with Gasteiger partial charge in [-0.25, -0.2) is 4.79 Å². The average Bonchev–Trinajstić information content (AvgIpc) is 2.54. The number of nitrogens with two attached hydrogens (primary N) is 1. The highest BCUT2D eigenvalue weighted by molar-refractivity contribution is 5.84. The quantitative estimate of drug-likeness (QED) is 0.757. The molecule has 130 valence electrons. The molecule has 6 nitrogen and oxygen atoms in total. The lowest BCUT2D eigenvalue weighted by atomic mass is 9.94. The molecule has 0 spiro atoms. The number of benzene rings is 1. The van der Waals surface area contributed by atoms with Gasteiger partial charge in [-0.3, -0.25) is 4.79 Å². The molecule has 2 atom stereocenters. The number of hydrogen-bond acceptors (Lipinski definition) is 5. The molecule has 0 aliphatic heterocycles. The normalized spacial score (nSPS) is 13.7. The number of anilines is 1. The minimum atomic E-state index is -0.901. The Hall–Kier alpha value is -2.34. The van der Waals surface area contributed by atoms with Gasteiger partial charge >= 0.3 is 11.6 Å². The number of aliphatic carboxylic acids is 1. The maximum absolute atomic E-state index is 11.9. The van der Waals surface area contributed by atoms with Crippen molar-refractivity contribution in [2.75, 3.05) is 18.0 Å². The molecule has 0 amide bonds. The number of carboxylic acids is 1. The van der Waals surface area contributed by atoms with E-state index in [4.69, 9.17) is 15.3 Å². The van der Waals surface area contributed by atoms with Crippen LogP contribution in [-0.4, -0.2) is 24.2 Å². The topological polar surface area (TPSA) is 96.8 Å². The first-order chi connectivity index (χ1) is 11.4. The van der Waals surface area contributed by atoms with E-state index in [2.05, 4.69) is 18.7 Å². The predicted octanol–water partition coefficient (Wildman–Crippen LogP) is 2.75. The molecule has 0 radical (unpaired) electrons. The van der Waals surface area contributed by atoms with Crippen LogP contribution in [0.15, 0.2) is 33.5 Å². The van der Waals surface area contributed by atoms with E-state index in [0.717, 1.165) is 24.2 Å². The highest BCUT2D eigenvalue weighted by Gasteiger charge is 2.20. The minimum Gasteiger partial charge on any atom is -0.481 e. The maximum Gasteiger partial charge on any atom is 0.336 e. The summed E-state index contributed by atoms with van der Waals surface area (Å²) < 4.78 is 5.33. The van der Waals surface area contributed by atoms with E-state index in [0.29, 0.717) is 11.1 Å². The second kappa shape index (κ2) is 7.49.